The molecule has 2 amide bonds. The molecule has 4 rings (SSSR count). The van der Waals surface area contributed by atoms with Gasteiger partial charge < -0.3 is 10.2 Å². The van der Waals surface area contributed by atoms with Gasteiger partial charge in [-0.25, -0.2) is 0 Å². The molecule has 1 N–H and O–H groups in total. The quantitative estimate of drug-likeness (QED) is 0.770. The van der Waals surface area contributed by atoms with Crippen LogP contribution in [0.15, 0.2) is 48.5 Å². The van der Waals surface area contributed by atoms with Gasteiger partial charge in [-0.3, -0.25) is 14.5 Å². The molecule has 2 aromatic carbocycles. The van der Waals surface area contributed by atoms with Crippen molar-refractivity contribution in [1.29, 1.82) is 0 Å². The molecule has 2 aliphatic heterocycles. The molecule has 0 spiro atoms. The molecule has 0 radical (unpaired) electrons. The number of halogens is 1. The number of hydrogen-bond donors (Lipinski definition) is 1. The standard InChI is InChI=1S/C25H30ClN3O2/c1-18-9-12-28(13-10-18)25(31)24-22-8-3-2-6-20(22)11-14-29(24)17-23(30)27-16-19-5-4-7-21(26)15-19/h2-8,15,18,24H,9-14,16-17H2,1H3,(H,27,30). The van der Waals surface area contributed by atoms with E-state index in [1.54, 1.807) is 0 Å². The summed E-state index contributed by atoms with van der Waals surface area (Å²) >= 11 is 6.04. The highest BCUT2D eigenvalue weighted by atomic mass is 35.5. The van der Waals surface area contributed by atoms with E-state index < -0.39 is 6.04 Å². The monoisotopic (exact) mass is 439 g/mol. The number of amides is 2. The topological polar surface area (TPSA) is 52.7 Å². The Labute approximate surface area is 189 Å². The predicted molar refractivity (Wildman–Crippen MR) is 123 cm³/mol. The zero-order valence-electron chi connectivity index (χ0n) is 18.0. The minimum atomic E-state index is -0.393. The second-order valence-corrected chi connectivity index (χ2v) is 9.17. The van der Waals surface area contributed by atoms with E-state index in [4.69, 9.17) is 11.6 Å². The van der Waals surface area contributed by atoms with Crippen LogP contribution >= 0.6 is 11.6 Å². The number of rotatable bonds is 5. The van der Waals surface area contributed by atoms with Crippen molar-refractivity contribution in [1.82, 2.24) is 15.1 Å². The summed E-state index contributed by atoms with van der Waals surface area (Å²) in [4.78, 5) is 30.4. The van der Waals surface area contributed by atoms with E-state index >= 15 is 0 Å². The molecule has 1 fully saturated rings. The molecular weight excluding hydrogens is 410 g/mol. The zero-order chi connectivity index (χ0) is 21.8. The van der Waals surface area contributed by atoms with Crippen LogP contribution in [0.5, 0.6) is 0 Å². The molecule has 0 bridgehead atoms. The van der Waals surface area contributed by atoms with E-state index in [-0.39, 0.29) is 18.4 Å². The van der Waals surface area contributed by atoms with Crippen molar-refractivity contribution in [2.75, 3.05) is 26.2 Å². The lowest BCUT2D eigenvalue weighted by Crippen LogP contribution is -2.50. The molecule has 2 heterocycles. The van der Waals surface area contributed by atoms with Crippen molar-refractivity contribution in [2.45, 2.75) is 38.8 Å². The minimum absolute atomic E-state index is 0.0792. The fraction of sp³-hybridized carbons (Fsp3) is 0.440. The number of likely N-dealkylation sites (tertiary alicyclic amines) is 1. The first-order valence-corrected chi connectivity index (χ1v) is 11.5. The summed E-state index contributed by atoms with van der Waals surface area (Å²) in [6.45, 7) is 5.17. The first-order chi connectivity index (χ1) is 15.0. The third-order valence-electron chi connectivity index (χ3n) is 6.44. The van der Waals surface area contributed by atoms with E-state index in [2.05, 4.69) is 18.3 Å². The molecule has 2 aromatic rings. The van der Waals surface area contributed by atoms with E-state index in [9.17, 15) is 9.59 Å². The molecular formula is C25H30ClN3O2. The Balaban J connectivity index is 1.47. The van der Waals surface area contributed by atoms with Crippen molar-refractivity contribution < 1.29 is 9.59 Å². The Morgan fingerprint density at radius 1 is 1.06 bits per heavy atom. The van der Waals surface area contributed by atoms with Crippen molar-refractivity contribution >= 4 is 23.4 Å². The molecule has 0 aliphatic carbocycles. The number of hydrogen-bond acceptors (Lipinski definition) is 3. The average Bonchev–Trinajstić information content (AvgIpc) is 2.78. The summed E-state index contributed by atoms with van der Waals surface area (Å²) in [7, 11) is 0. The highest BCUT2D eigenvalue weighted by Gasteiger charge is 2.37. The Bertz CT molecular complexity index is 940. The number of benzene rings is 2. The predicted octanol–water partition coefficient (Wildman–Crippen LogP) is 3.81. The SMILES string of the molecule is CC1CCN(C(=O)C2c3ccccc3CCN2CC(=O)NCc2cccc(Cl)c2)CC1. The van der Waals surface area contributed by atoms with Crippen LogP contribution in [0.25, 0.3) is 0 Å². The van der Waals surface area contributed by atoms with Crippen LogP contribution in [-0.2, 0) is 22.6 Å². The molecule has 1 atom stereocenters. The molecule has 1 saturated heterocycles. The van der Waals surface area contributed by atoms with E-state index in [0.29, 0.717) is 24.0 Å². The van der Waals surface area contributed by atoms with Gasteiger partial charge >= 0.3 is 0 Å². The molecule has 31 heavy (non-hydrogen) atoms. The maximum absolute atomic E-state index is 13.6. The molecule has 0 aromatic heterocycles. The Hall–Kier alpha value is -2.37. The van der Waals surface area contributed by atoms with Crippen molar-refractivity contribution in [3.05, 3.63) is 70.2 Å². The van der Waals surface area contributed by atoms with E-state index in [0.717, 1.165) is 43.5 Å². The Morgan fingerprint density at radius 3 is 2.61 bits per heavy atom. The van der Waals surface area contributed by atoms with Gasteiger partial charge in [0.2, 0.25) is 11.8 Å². The zero-order valence-corrected chi connectivity index (χ0v) is 18.8. The fourth-order valence-electron chi connectivity index (χ4n) is 4.57. The van der Waals surface area contributed by atoms with Gasteiger partial charge in [0.15, 0.2) is 0 Å². The van der Waals surface area contributed by atoms with Crippen molar-refractivity contribution in [2.24, 2.45) is 5.92 Å². The third kappa shape index (κ3) is 5.28. The summed E-state index contributed by atoms with van der Waals surface area (Å²) < 4.78 is 0. The third-order valence-corrected chi connectivity index (χ3v) is 6.67. The van der Waals surface area contributed by atoms with Crippen LogP contribution in [0.4, 0.5) is 0 Å². The summed E-state index contributed by atoms with van der Waals surface area (Å²) in [5.41, 5.74) is 3.21. The van der Waals surface area contributed by atoms with Gasteiger partial charge in [0, 0.05) is 31.2 Å². The Kier molecular flexibility index (Phi) is 6.93. The smallest absolute Gasteiger partial charge is 0.244 e. The maximum atomic E-state index is 13.6. The average molecular weight is 440 g/mol. The number of piperidine rings is 1. The lowest BCUT2D eigenvalue weighted by atomic mass is 9.90. The van der Waals surface area contributed by atoms with Gasteiger partial charge in [0.25, 0.3) is 0 Å². The van der Waals surface area contributed by atoms with Gasteiger partial charge in [-0.1, -0.05) is 54.9 Å². The largest absolute Gasteiger partial charge is 0.351 e. The summed E-state index contributed by atoms with van der Waals surface area (Å²) in [6, 6.07) is 15.2. The number of fused-ring (bicyclic) bond motifs is 1. The van der Waals surface area contributed by atoms with E-state index in [1.807, 2.05) is 52.3 Å². The summed E-state index contributed by atoms with van der Waals surface area (Å²) in [5, 5.41) is 3.63. The number of nitrogens with zero attached hydrogens (tertiary/aromatic N) is 2. The van der Waals surface area contributed by atoms with Crippen LogP contribution in [-0.4, -0.2) is 47.8 Å². The van der Waals surface area contributed by atoms with Crippen molar-refractivity contribution in [3.63, 3.8) is 0 Å². The molecule has 5 nitrogen and oxygen atoms in total. The molecule has 2 aliphatic rings. The van der Waals surface area contributed by atoms with Gasteiger partial charge in [-0.2, -0.15) is 0 Å². The normalized spacial score (nSPS) is 19.7. The number of nitrogens with one attached hydrogen (secondary N) is 1. The van der Waals surface area contributed by atoms with Gasteiger partial charge in [-0.05, 0) is 54.0 Å². The van der Waals surface area contributed by atoms with Gasteiger partial charge in [-0.15, -0.1) is 0 Å². The fourth-order valence-corrected chi connectivity index (χ4v) is 4.78. The highest BCUT2D eigenvalue weighted by molar-refractivity contribution is 6.30. The molecule has 164 valence electrons. The second kappa shape index (κ2) is 9.84. The number of carbonyl (C=O) groups excluding carboxylic acids is 2. The van der Waals surface area contributed by atoms with Gasteiger partial charge in [0.05, 0.1) is 6.54 Å². The van der Waals surface area contributed by atoms with Crippen LogP contribution in [0, 0.1) is 5.92 Å². The minimum Gasteiger partial charge on any atom is -0.351 e. The summed E-state index contributed by atoms with van der Waals surface area (Å²) in [6.07, 6.45) is 2.93. The van der Waals surface area contributed by atoms with E-state index in [1.165, 1.54) is 5.56 Å². The van der Waals surface area contributed by atoms with Gasteiger partial charge in [0.1, 0.15) is 6.04 Å². The van der Waals surface area contributed by atoms with Crippen LogP contribution < -0.4 is 5.32 Å². The second-order valence-electron chi connectivity index (χ2n) is 8.74. The first kappa shape index (κ1) is 21.8. The van der Waals surface area contributed by atoms with Crippen LogP contribution in [0.1, 0.15) is 42.5 Å². The van der Waals surface area contributed by atoms with Crippen LogP contribution in [0.2, 0.25) is 5.02 Å². The van der Waals surface area contributed by atoms with Crippen molar-refractivity contribution in [3.8, 4) is 0 Å². The first-order valence-electron chi connectivity index (χ1n) is 11.1. The molecule has 1 unspecified atom stereocenters. The molecule has 0 saturated carbocycles. The lowest BCUT2D eigenvalue weighted by Gasteiger charge is -2.40. The maximum Gasteiger partial charge on any atom is 0.244 e. The molecule has 6 heteroatoms. The summed E-state index contributed by atoms with van der Waals surface area (Å²) in [5.74, 6) is 0.710. The van der Waals surface area contributed by atoms with Crippen LogP contribution in [0.3, 0.4) is 0 Å². The highest BCUT2D eigenvalue weighted by Crippen LogP contribution is 2.32. The Morgan fingerprint density at radius 2 is 1.84 bits per heavy atom. The lowest BCUT2D eigenvalue weighted by molar-refractivity contribution is -0.140. The number of carbonyl (C=O) groups is 2.